The van der Waals surface area contributed by atoms with Gasteiger partial charge in [0.25, 0.3) is 0 Å². The fourth-order valence-corrected chi connectivity index (χ4v) is 4.65. The second-order valence-electron chi connectivity index (χ2n) is 8.07. The smallest absolute Gasteiger partial charge is 0.182 e. The molecular formula is C23H28N2O3S. The number of Topliss-reactive ketones (excluding diaryl/α,β-unsaturated/α-hetero) is 1. The van der Waals surface area contributed by atoms with Crippen LogP contribution in [0, 0.1) is 5.92 Å². The van der Waals surface area contributed by atoms with Crippen LogP contribution in [0.15, 0.2) is 53.6 Å². The molecular weight excluding hydrogens is 384 g/mol. The Kier molecular flexibility index (Phi) is 6.52. The number of carbonyl (C=O) groups is 1. The lowest BCUT2D eigenvalue weighted by atomic mass is 10.0. The second-order valence-corrected chi connectivity index (χ2v) is 10.1. The van der Waals surface area contributed by atoms with E-state index in [9.17, 15) is 13.2 Å². The standard InChI is InChI=1S/C23H28N2O3S/c1-17(2)4-9-21(26)10-5-18-6-11-22(12-7-18)29(27,28)16-19-8-13-23-20(14-19)15-25(3)24-23/h6-8,11-15,17H,4-5,9-10,16H2,1-3H3. The highest BCUT2D eigenvalue weighted by atomic mass is 32.2. The van der Waals surface area contributed by atoms with E-state index in [-0.39, 0.29) is 11.5 Å². The van der Waals surface area contributed by atoms with Crippen molar-refractivity contribution in [1.82, 2.24) is 9.78 Å². The third-order valence-corrected chi connectivity index (χ3v) is 6.72. The van der Waals surface area contributed by atoms with Crippen LogP contribution in [0.3, 0.4) is 0 Å². The molecule has 0 radical (unpaired) electrons. The number of ketones is 1. The highest BCUT2D eigenvalue weighted by Gasteiger charge is 2.16. The molecule has 2 aromatic carbocycles. The first-order chi connectivity index (χ1) is 13.7. The number of sulfone groups is 1. The molecule has 0 saturated heterocycles. The van der Waals surface area contributed by atoms with E-state index in [1.807, 2.05) is 43.6 Å². The van der Waals surface area contributed by atoms with Crippen LogP contribution in [-0.2, 0) is 33.9 Å². The summed E-state index contributed by atoms with van der Waals surface area (Å²) in [6.45, 7) is 4.22. The van der Waals surface area contributed by atoms with Gasteiger partial charge < -0.3 is 0 Å². The quantitative estimate of drug-likeness (QED) is 0.519. The van der Waals surface area contributed by atoms with Crippen molar-refractivity contribution in [2.24, 2.45) is 13.0 Å². The maximum absolute atomic E-state index is 12.8. The van der Waals surface area contributed by atoms with Crippen molar-refractivity contribution in [3.63, 3.8) is 0 Å². The van der Waals surface area contributed by atoms with E-state index >= 15 is 0 Å². The lowest BCUT2D eigenvalue weighted by Gasteiger charge is -2.07. The molecule has 3 aromatic rings. The summed E-state index contributed by atoms with van der Waals surface area (Å²) in [5.74, 6) is 0.744. The molecule has 0 aliphatic rings. The molecule has 1 aromatic heterocycles. The summed E-state index contributed by atoms with van der Waals surface area (Å²) in [7, 11) is -1.59. The molecule has 0 aliphatic carbocycles. The molecule has 0 atom stereocenters. The van der Waals surface area contributed by atoms with Gasteiger partial charge in [0.05, 0.1) is 16.2 Å². The highest BCUT2D eigenvalue weighted by Crippen LogP contribution is 2.21. The predicted molar refractivity (Wildman–Crippen MR) is 115 cm³/mol. The minimum atomic E-state index is -3.44. The summed E-state index contributed by atoms with van der Waals surface area (Å²) in [4.78, 5) is 12.2. The lowest BCUT2D eigenvalue weighted by Crippen LogP contribution is -2.05. The number of carbonyl (C=O) groups excluding carboxylic acids is 1. The summed E-state index contributed by atoms with van der Waals surface area (Å²) < 4.78 is 27.3. The van der Waals surface area contributed by atoms with Gasteiger partial charge in [-0.25, -0.2) is 8.42 Å². The van der Waals surface area contributed by atoms with Crippen molar-refractivity contribution in [3.05, 3.63) is 59.8 Å². The van der Waals surface area contributed by atoms with Gasteiger partial charge in [-0.15, -0.1) is 0 Å². The molecule has 1 heterocycles. The number of aryl methyl sites for hydroxylation is 2. The highest BCUT2D eigenvalue weighted by molar-refractivity contribution is 7.90. The Morgan fingerprint density at radius 3 is 2.41 bits per heavy atom. The van der Waals surface area contributed by atoms with Crippen molar-refractivity contribution < 1.29 is 13.2 Å². The molecule has 0 spiro atoms. The Morgan fingerprint density at radius 2 is 1.72 bits per heavy atom. The normalized spacial score (nSPS) is 12.0. The van der Waals surface area contributed by atoms with E-state index in [1.54, 1.807) is 16.8 Å². The van der Waals surface area contributed by atoms with Crippen LogP contribution in [0.25, 0.3) is 10.9 Å². The predicted octanol–water partition coefficient (Wildman–Crippen LogP) is 4.49. The zero-order valence-electron chi connectivity index (χ0n) is 17.3. The number of hydrogen-bond acceptors (Lipinski definition) is 4. The maximum Gasteiger partial charge on any atom is 0.182 e. The average Bonchev–Trinajstić information content (AvgIpc) is 3.04. The Morgan fingerprint density at radius 1 is 1.03 bits per heavy atom. The number of nitrogens with zero attached hydrogens (tertiary/aromatic N) is 2. The molecule has 5 nitrogen and oxygen atoms in total. The van der Waals surface area contributed by atoms with Gasteiger partial charge in [-0.05, 0) is 54.2 Å². The van der Waals surface area contributed by atoms with E-state index in [1.165, 1.54) is 0 Å². The van der Waals surface area contributed by atoms with Gasteiger partial charge >= 0.3 is 0 Å². The Bertz CT molecular complexity index is 1100. The first-order valence-electron chi connectivity index (χ1n) is 9.98. The number of rotatable bonds is 9. The number of aromatic nitrogens is 2. The Labute approximate surface area is 172 Å². The minimum Gasteiger partial charge on any atom is -0.300 e. The largest absolute Gasteiger partial charge is 0.300 e. The van der Waals surface area contributed by atoms with Gasteiger partial charge in [0, 0.05) is 31.5 Å². The molecule has 0 amide bonds. The SMILES string of the molecule is CC(C)CCC(=O)CCc1ccc(S(=O)(=O)Cc2ccc3nn(C)cc3c2)cc1. The molecule has 0 fully saturated rings. The van der Waals surface area contributed by atoms with Crippen molar-refractivity contribution >= 4 is 26.5 Å². The Hall–Kier alpha value is -2.47. The fourth-order valence-electron chi connectivity index (χ4n) is 3.31. The van der Waals surface area contributed by atoms with Crippen LogP contribution in [0.1, 0.15) is 44.2 Å². The number of benzene rings is 2. The van der Waals surface area contributed by atoms with Crippen molar-refractivity contribution in [2.75, 3.05) is 0 Å². The van der Waals surface area contributed by atoms with Crippen LogP contribution in [-0.4, -0.2) is 24.0 Å². The summed E-state index contributed by atoms with van der Waals surface area (Å²) in [6, 6.07) is 12.4. The summed E-state index contributed by atoms with van der Waals surface area (Å²) in [5, 5.41) is 5.24. The summed E-state index contributed by atoms with van der Waals surface area (Å²) in [5.41, 5.74) is 2.57. The van der Waals surface area contributed by atoms with Crippen LogP contribution in [0.4, 0.5) is 0 Å². The first-order valence-corrected chi connectivity index (χ1v) is 11.6. The number of hydrogen-bond donors (Lipinski definition) is 0. The van der Waals surface area contributed by atoms with Crippen LogP contribution >= 0.6 is 0 Å². The van der Waals surface area contributed by atoms with E-state index in [0.29, 0.717) is 30.1 Å². The molecule has 0 aliphatic heterocycles. The second kappa shape index (κ2) is 8.91. The van der Waals surface area contributed by atoms with E-state index in [0.717, 1.165) is 28.5 Å². The lowest BCUT2D eigenvalue weighted by molar-refractivity contribution is -0.119. The topological polar surface area (TPSA) is 69.0 Å². The van der Waals surface area contributed by atoms with Gasteiger partial charge in [-0.1, -0.05) is 32.0 Å². The van der Waals surface area contributed by atoms with Gasteiger partial charge in [0.2, 0.25) is 0 Å². The third-order valence-electron chi connectivity index (χ3n) is 5.02. The first kappa shape index (κ1) is 21.2. The molecule has 0 bridgehead atoms. The average molecular weight is 413 g/mol. The van der Waals surface area contributed by atoms with Crippen molar-refractivity contribution in [1.29, 1.82) is 0 Å². The number of fused-ring (bicyclic) bond motifs is 1. The van der Waals surface area contributed by atoms with Gasteiger partial charge in [-0.2, -0.15) is 5.10 Å². The van der Waals surface area contributed by atoms with Gasteiger partial charge in [-0.3, -0.25) is 9.48 Å². The monoisotopic (exact) mass is 412 g/mol. The molecule has 0 unspecified atom stereocenters. The summed E-state index contributed by atoms with van der Waals surface area (Å²) in [6.07, 6.45) is 4.56. The molecule has 154 valence electrons. The molecule has 6 heteroatoms. The van der Waals surface area contributed by atoms with Crippen LogP contribution in [0.2, 0.25) is 0 Å². The molecule has 3 rings (SSSR count). The maximum atomic E-state index is 12.8. The van der Waals surface area contributed by atoms with Crippen molar-refractivity contribution in [3.8, 4) is 0 Å². The van der Waals surface area contributed by atoms with Crippen LogP contribution in [0.5, 0.6) is 0 Å². The molecule has 29 heavy (non-hydrogen) atoms. The van der Waals surface area contributed by atoms with E-state index in [2.05, 4.69) is 18.9 Å². The van der Waals surface area contributed by atoms with Crippen molar-refractivity contribution in [2.45, 2.75) is 50.2 Å². The minimum absolute atomic E-state index is 0.0507. The zero-order valence-corrected chi connectivity index (χ0v) is 18.1. The Balaban J connectivity index is 1.63. The zero-order chi connectivity index (χ0) is 21.0. The fraction of sp³-hybridized carbons (Fsp3) is 0.391. The van der Waals surface area contributed by atoms with Gasteiger partial charge in [0.1, 0.15) is 5.78 Å². The molecule has 0 N–H and O–H groups in total. The van der Waals surface area contributed by atoms with Gasteiger partial charge in [0.15, 0.2) is 9.84 Å². The van der Waals surface area contributed by atoms with E-state index in [4.69, 9.17) is 0 Å². The third kappa shape index (κ3) is 5.76. The van der Waals surface area contributed by atoms with Crippen LogP contribution < -0.4 is 0 Å². The van der Waals surface area contributed by atoms with E-state index < -0.39 is 9.84 Å². The molecule has 0 saturated carbocycles. The summed E-state index contributed by atoms with van der Waals surface area (Å²) >= 11 is 0.